The maximum atomic E-state index is 11.2. The van der Waals surface area contributed by atoms with E-state index in [1.165, 1.54) is 12.3 Å². The maximum absolute atomic E-state index is 11.2. The normalized spacial score (nSPS) is 10.6. The minimum atomic E-state index is -0.468. The molecule has 7 nitrogen and oxygen atoms in total. The monoisotopic (exact) mass is 377 g/mol. The van der Waals surface area contributed by atoms with E-state index in [0.717, 1.165) is 12.0 Å². The highest BCUT2D eigenvalue weighted by atomic mass is 35.5. The lowest BCUT2D eigenvalue weighted by molar-refractivity contribution is -0.384. The zero-order valence-electron chi connectivity index (χ0n) is 13.1. The first kappa shape index (κ1) is 18.6. The van der Waals surface area contributed by atoms with Crippen molar-refractivity contribution in [3.05, 3.63) is 68.7 Å². The van der Waals surface area contributed by atoms with E-state index in [1.807, 2.05) is 24.3 Å². The molecule has 2 aromatic carbocycles. The fraction of sp³-hybridized carbons (Fsp3) is 0.125. The van der Waals surface area contributed by atoms with Gasteiger partial charge in [-0.2, -0.15) is 5.10 Å². The smallest absolute Gasteiger partial charge is 0.280 e. The molecule has 0 saturated carbocycles. The first-order valence-corrected chi connectivity index (χ1v) is 8.09. The van der Waals surface area contributed by atoms with Crippen LogP contribution in [0.1, 0.15) is 11.1 Å². The van der Waals surface area contributed by atoms with Gasteiger partial charge in [-0.1, -0.05) is 23.7 Å². The van der Waals surface area contributed by atoms with Crippen molar-refractivity contribution >= 4 is 46.5 Å². The minimum Gasteiger partial charge on any atom is -0.385 e. The predicted molar refractivity (Wildman–Crippen MR) is 104 cm³/mol. The maximum Gasteiger partial charge on any atom is 0.280 e. The Hall–Kier alpha value is -2.71. The second-order valence-electron chi connectivity index (χ2n) is 5.07. The largest absolute Gasteiger partial charge is 0.385 e. The van der Waals surface area contributed by atoms with E-state index >= 15 is 0 Å². The quantitative estimate of drug-likeness (QED) is 0.296. The van der Waals surface area contributed by atoms with E-state index in [2.05, 4.69) is 28.1 Å². The Balaban J connectivity index is 2.04. The third-order valence-electron chi connectivity index (χ3n) is 3.24. The third kappa shape index (κ3) is 6.02. The number of anilines is 1. The lowest BCUT2D eigenvalue weighted by atomic mass is 10.1. The summed E-state index contributed by atoms with van der Waals surface area (Å²) in [6.07, 6.45) is 2.04. The lowest BCUT2D eigenvalue weighted by Gasteiger charge is -2.08. The average molecular weight is 378 g/mol. The molecule has 0 aliphatic carbocycles. The van der Waals surface area contributed by atoms with Gasteiger partial charge < -0.3 is 11.1 Å². The topological polar surface area (TPSA) is 106 Å². The standard InChI is InChI=1S/C16H16ClN5O2S/c17-13-3-1-2-11(8-13)6-7-19-14-5-4-12(10-20-21-16(18)25)15(9-14)22(23)24/h1-5,8-10,19H,6-7H2,(H3,18,21,25)/b20-10+. The van der Waals surface area contributed by atoms with Crippen molar-refractivity contribution in [3.8, 4) is 0 Å². The molecule has 0 bridgehead atoms. The first-order chi connectivity index (χ1) is 12.0. The number of nitrogens with one attached hydrogen (secondary N) is 2. The summed E-state index contributed by atoms with van der Waals surface area (Å²) in [6.45, 7) is 0.619. The summed E-state index contributed by atoms with van der Waals surface area (Å²) in [7, 11) is 0. The van der Waals surface area contributed by atoms with E-state index in [9.17, 15) is 10.1 Å². The fourth-order valence-corrected chi connectivity index (χ4v) is 2.40. The molecule has 0 atom stereocenters. The van der Waals surface area contributed by atoms with Crippen LogP contribution in [0, 0.1) is 10.1 Å². The summed E-state index contributed by atoms with van der Waals surface area (Å²) in [4.78, 5) is 10.8. The predicted octanol–water partition coefficient (Wildman–Crippen LogP) is 3.07. The lowest BCUT2D eigenvalue weighted by Crippen LogP contribution is -2.24. The second kappa shape index (κ2) is 8.95. The average Bonchev–Trinajstić information content (AvgIpc) is 2.55. The van der Waals surface area contributed by atoms with Crippen molar-refractivity contribution < 1.29 is 4.92 Å². The molecule has 130 valence electrons. The van der Waals surface area contributed by atoms with Gasteiger partial charge in [0.25, 0.3) is 5.69 Å². The molecule has 0 heterocycles. The van der Waals surface area contributed by atoms with Gasteiger partial charge in [0.1, 0.15) is 0 Å². The Morgan fingerprint density at radius 3 is 2.84 bits per heavy atom. The fourth-order valence-electron chi connectivity index (χ4n) is 2.13. The van der Waals surface area contributed by atoms with E-state index in [-0.39, 0.29) is 10.8 Å². The molecule has 25 heavy (non-hydrogen) atoms. The molecule has 4 N–H and O–H groups in total. The van der Waals surface area contributed by atoms with Gasteiger partial charge in [-0.25, -0.2) is 0 Å². The number of nitro groups is 1. The Kier molecular flexibility index (Phi) is 6.67. The van der Waals surface area contributed by atoms with Gasteiger partial charge in [0.15, 0.2) is 5.11 Å². The molecule has 0 spiro atoms. The number of halogens is 1. The Labute approximate surface area is 155 Å². The molecule has 0 amide bonds. The zero-order valence-corrected chi connectivity index (χ0v) is 14.7. The molecule has 0 unspecified atom stereocenters. The number of nitrogens with zero attached hydrogens (tertiary/aromatic N) is 2. The van der Waals surface area contributed by atoms with Crippen molar-refractivity contribution in [3.63, 3.8) is 0 Å². The summed E-state index contributed by atoms with van der Waals surface area (Å²) >= 11 is 10.6. The molecule has 0 radical (unpaired) electrons. The number of thiocarbonyl (C=S) groups is 1. The second-order valence-corrected chi connectivity index (χ2v) is 5.95. The van der Waals surface area contributed by atoms with E-state index in [1.54, 1.807) is 12.1 Å². The number of hydrogen-bond donors (Lipinski definition) is 3. The van der Waals surface area contributed by atoms with Crippen molar-refractivity contribution in [2.45, 2.75) is 6.42 Å². The van der Waals surface area contributed by atoms with Crippen molar-refractivity contribution in [2.75, 3.05) is 11.9 Å². The van der Waals surface area contributed by atoms with Crippen LogP contribution in [0.2, 0.25) is 5.02 Å². The Morgan fingerprint density at radius 1 is 1.36 bits per heavy atom. The van der Waals surface area contributed by atoms with Crippen molar-refractivity contribution in [2.24, 2.45) is 10.8 Å². The van der Waals surface area contributed by atoms with Gasteiger partial charge in [0.2, 0.25) is 0 Å². The Morgan fingerprint density at radius 2 is 2.16 bits per heavy atom. The molecule has 0 fully saturated rings. The molecule has 0 aliphatic rings. The van der Waals surface area contributed by atoms with E-state index in [0.29, 0.717) is 22.8 Å². The highest BCUT2D eigenvalue weighted by Gasteiger charge is 2.13. The van der Waals surface area contributed by atoms with Gasteiger partial charge in [0.05, 0.1) is 16.7 Å². The molecule has 2 aromatic rings. The van der Waals surface area contributed by atoms with Gasteiger partial charge in [-0.15, -0.1) is 0 Å². The molecular weight excluding hydrogens is 362 g/mol. The van der Waals surface area contributed by atoms with E-state index in [4.69, 9.17) is 17.3 Å². The summed E-state index contributed by atoms with van der Waals surface area (Å²) in [5.74, 6) is 0. The van der Waals surface area contributed by atoms with Gasteiger partial charge >= 0.3 is 0 Å². The molecule has 0 saturated heterocycles. The van der Waals surface area contributed by atoms with Crippen LogP contribution in [-0.2, 0) is 6.42 Å². The van der Waals surface area contributed by atoms with Crippen LogP contribution in [0.3, 0.4) is 0 Å². The van der Waals surface area contributed by atoms with Crippen LogP contribution >= 0.6 is 23.8 Å². The third-order valence-corrected chi connectivity index (χ3v) is 3.56. The van der Waals surface area contributed by atoms with Crippen LogP contribution in [0.5, 0.6) is 0 Å². The van der Waals surface area contributed by atoms with Gasteiger partial charge in [-0.05, 0) is 48.5 Å². The first-order valence-electron chi connectivity index (χ1n) is 7.31. The number of benzene rings is 2. The van der Waals surface area contributed by atoms with Crippen LogP contribution in [0.4, 0.5) is 11.4 Å². The highest BCUT2D eigenvalue weighted by molar-refractivity contribution is 7.80. The SMILES string of the molecule is NC(=S)N/N=C/c1ccc(NCCc2cccc(Cl)c2)cc1[N+](=O)[O-]. The summed E-state index contributed by atoms with van der Waals surface area (Å²) in [6, 6.07) is 12.4. The molecular formula is C16H16ClN5O2S. The summed E-state index contributed by atoms with van der Waals surface area (Å²) in [5.41, 5.74) is 9.61. The number of nitrogens with two attached hydrogens (primary N) is 1. The Bertz CT molecular complexity index is 813. The van der Waals surface area contributed by atoms with E-state index < -0.39 is 4.92 Å². The molecule has 2 rings (SSSR count). The van der Waals surface area contributed by atoms with Crippen LogP contribution in [0.15, 0.2) is 47.6 Å². The van der Waals surface area contributed by atoms with Crippen LogP contribution < -0.4 is 16.5 Å². The number of nitro benzene ring substituents is 1. The zero-order chi connectivity index (χ0) is 18.2. The number of hydrazone groups is 1. The van der Waals surface area contributed by atoms with Gasteiger partial charge in [0, 0.05) is 23.3 Å². The highest BCUT2D eigenvalue weighted by Crippen LogP contribution is 2.22. The molecule has 0 aliphatic heterocycles. The van der Waals surface area contributed by atoms with Crippen molar-refractivity contribution in [1.29, 1.82) is 0 Å². The summed E-state index contributed by atoms with van der Waals surface area (Å²) in [5, 5.41) is 18.8. The van der Waals surface area contributed by atoms with Crippen LogP contribution in [-0.4, -0.2) is 22.8 Å². The summed E-state index contributed by atoms with van der Waals surface area (Å²) < 4.78 is 0. The molecule has 0 aromatic heterocycles. The van der Waals surface area contributed by atoms with Crippen LogP contribution in [0.25, 0.3) is 0 Å². The number of rotatable bonds is 7. The molecule has 9 heteroatoms. The number of hydrogen-bond acceptors (Lipinski definition) is 5. The van der Waals surface area contributed by atoms with Crippen molar-refractivity contribution in [1.82, 2.24) is 5.43 Å². The van der Waals surface area contributed by atoms with Gasteiger partial charge in [-0.3, -0.25) is 15.5 Å². The minimum absolute atomic E-state index is 0.0156.